The van der Waals surface area contributed by atoms with E-state index in [1.807, 2.05) is 30.3 Å². The van der Waals surface area contributed by atoms with Crippen LogP contribution in [-0.2, 0) is 16.6 Å². The molecule has 0 bridgehead atoms. The molecule has 1 N–H and O–H groups in total. The molecule has 6 nitrogen and oxygen atoms in total. The molecule has 0 aromatic heterocycles. The lowest BCUT2D eigenvalue weighted by atomic mass is 10.2. The molecule has 0 saturated carbocycles. The van der Waals surface area contributed by atoms with Gasteiger partial charge in [-0.1, -0.05) is 44.2 Å². The van der Waals surface area contributed by atoms with Gasteiger partial charge in [0.25, 0.3) is 0 Å². The molecule has 0 unspecified atom stereocenters. The lowest BCUT2D eigenvalue weighted by Crippen LogP contribution is -2.41. The molecule has 0 heterocycles. The van der Waals surface area contributed by atoms with Gasteiger partial charge in [0, 0.05) is 33.2 Å². The standard InChI is InChI=1S/C15H25N3O3S/c1-4-18(5-2)22(20,21)12-11-16-15(19)17(3)13-14-9-7-6-8-10-14/h6-10H,4-5,11-13H2,1-3H3,(H,16,19). The zero-order valence-electron chi connectivity index (χ0n) is 13.4. The van der Waals surface area contributed by atoms with Crippen molar-refractivity contribution in [3.63, 3.8) is 0 Å². The molecular weight excluding hydrogens is 302 g/mol. The summed E-state index contributed by atoms with van der Waals surface area (Å²) in [6.45, 7) is 5.08. The predicted octanol–water partition coefficient (Wildman–Crippen LogP) is 1.50. The summed E-state index contributed by atoms with van der Waals surface area (Å²) in [6.07, 6.45) is 0. The molecule has 0 aliphatic rings. The Morgan fingerprint density at radius 3 is 2.27 bits per heavy atom. The van der Waals surface area contributed by atoms with Crippen LogP contribution in [0.1, 0.15) is 19.4 Å². The number of carbonyl (C=O) groups is 1. The molecule has 1 rings (SSSR count). The van der Waals surface area contributed by atoms with Gasteiger partial charge in [-0.15, -0.1) is 0 Å². The van der Waals surface area contributed by atoms with Crippen molar-refractivity contribution in [3.8, 4) is 0 Å². The summed E-state index contributed by atoms with van der Waals surface area (Å²) >= 11 is 0. The highest BCUT2D eigenvalue weighted by Crippen LogP contribution is 2.03. The van der Waals surface area contributed by atoms with Crippen molar-refractivity contribution in [1.29, 1.82) is 0 Å². The van der Waals surface area contributed by atoms with Crippen molar-refractivity contribution < 1.29 is 13.2 Å². The van der Waals surface area contributed by atoms with Gasteiger partial charge in [0.05, 0.1) is 5.75 Å². The van der Waals surface area contributed by atoms with E-state index in [1.165, 1.54) is 9.21 Å². The highest BCUT2D eigenvalue weighted by molar-refractivity contribution is 7.89. The van der Waals surface area contributed by atoms with Crippen molar-refractivity contribution >= 4 is 16.1 Å². The first kappa shape index (κ1) is 18.4. The van der Waals surface area contributed by atoms with E-state index in [9.17, 15) is 13.2 Å². The number of nitrogens with one attached hydrogen (secondary N) is 1. The quantitative estimate of drug-likeness (QED) is 0.786. The topological polar surface area (TPSA) is 69.7 Å². The molecule has 22 heavy (non-hydrogen) atoms. The van der Waals surface area contributed by atoms with E-state index in [0.29, 0.717) is 19.6 Å². The predicted molar refractivity (Wildman–Crippen MR) is 88.0 cm³/mol. The van der Waals surface area contributed by atoms with Crippen LogP contribution >= 0.6 is 0 Å². The molecule has 2 amide bonds. The Bertz CT molecular complexity index is 557. The number of carbonyl (C=O) groups excluding carboxylic acids is 1. The van der Waals surface area contributed by atoms with Gasteiger partial charge >= 0.3 is 6.03 Å². The van der Waals surface area contributed by atoms with Gasteiger partial charge in [0.15, 0.2) is 0 Å². The fraction of sp³-hybridized carbons (Fsp3) is 0.533. The van der Waals surface area contributed by atoms with Crippen LogP contribution in [0, 0.1) is 0 Å². The van der Waals surface area contributed by atoms with Gasteiger partial charge in [0.1, 0.15) is 0 Å². The summed E-state index contributed by atoms with van der Waals surface area (Å²) in [5.41, 5.74) is 1.02. The van der Waals surface area contributed by atoms with Gasteiger partial charge < -0.3 is 10.2 Å². The Labute approximate surface area is 133 Å². The van der Waals surface area contributed by atoms with E-state index in [0.717, 1.165) is 5.56 Å². The average molecular weight is 327 g/mol. The van der Waals surface area contributed by atoms with Crippen LogP contribution in [0.15, 0.2) is 30.3 Å². The number of sulfonamides is 1. The average Bonchev–Trinajstić information content (AvgIpc) is 2.48. The van der Waals surface area contributed by atoms with Crippen LogP contribution in [0.5, 0.6) is 0 Å². The van der Waals surface area contributed by atoms with E-state index in [-0.39, 0.29) is 18.3 Å². The Kier molecular flexibility index (Phi) is 7.34. The number of urea groups is 1. The van der Waals surface area contributed by atoms with Crippen molar-refractivity contribution in [3.05, 3.63) is 35.9 Å². The van der Waals surface area contributed by atoms with E-state index in [1.54, 1.807) is 20.9 Å². The minimum Gasteiger partial charge on any atom is -0.337 e. The first-order valence-corrected chi connectivity index (χ1v) is 9.02. The fourth-order valence-corrected chi connectivity index (χ4v) is 3.50. The number of amides is 2. The van der Waals surface area contributed by atoms with Gasteiger partial charge in [-0.05, 0) is 5.56 Å². The van der Waals surface area contributed by atoms with Crippen molar-refractivity contribution in [2.45, 2.75) is 20.4 Å². The maximum atomic E-state index is 12.0. The highest BCUT2D eigenvalue weighted by atomic mass is 32.2. The monoisotopic (exact) mass is 327 g/mol. The van der Waals surface area contributed by atoms with Crippen molar-refractivity contribution in [2.24, 2.45) is 0 Å². The van der Waals surface area contributed by atoms with Gasteiger partial charge in [-0.25, -0.2) is 17.5 Å². The van der Waals surface area contributed by atoms with Crippen LogP contribution in [0.3, 0.4) is 0 Å². The van der Waals surface area contributed by atoms with Crippen LogP contribution < -0.4 is 5.32 Å². The maximum absolute atomic E-state index is 12.0. The number of rotatable bonds is 8. The van der Waals surface area contributed by atoms with E-state index < -0.39 is 10.0 Å². The smallest absolute Gasteiger partial charge is 0.317 e. The van der Waals surface area contributed by atoms with Gasteiger partial charge in [0.2, 0.25) is 10.0 Å². The Morgan fingerprint density at radius 1 is 1.14 bits per heavy atom. The van der Waals surface area contributed by atoms with Crippen LogP contribution in [0.25, 0.3) is 0 Å². The number of benzene rings is 1. The Morgan fingerprint density at radius 2 is 1.73 bits per heavy atom. The fourth-order valence-electron chi connectivity index (χ4n) is 2.10. The summed E-state index contributed by atoms with van der Waals surface area (Å²) in [5, 5.41) is 2.64. The SMILES string of the molecule is CCN(CC)S(=O)(=O)CCNC(=O)N(C)Cc1ccccc1. The van der Waals surface area contributed by atoms with E-state index in [2.05, 4.69) is 5.32 Å². The van der Waals surface area contributed by atoms with Crippen LogP contribution in [0.2, 0.25) is 0 Å². The lowest BCUT2D eigenvalue weighted by molar-refractivity contribution is 0.207. The van der Waals surface area contributed by atoms with Crippen LogP contribution in [-0.4, -0.2) is 56.1 Å². The third-order valence-electron chi connectivity index (χ3n) is 3.34. The van der Waals surface area contributed by atoms with Gasteiger partial charge in [-0.2, -0.15) is 0 Å². The molecule has 0 saturated heterocycles. The zero-order valence-corrected chi connectivity index (χ0v) is 14.3. The van der Waals surface area contributed by atoms with Gasteiger partial charge in [-0.3, -0.25) is 0 Å². The molecule has 0 fully saturated rings. The number of hydrogen-bond donors (Lipinski definition) is 1. The number of nitrogens with zero attached hydrogens (tertiary/aromatic N) is 2. The Balaban J connectivity index is 2.43. The molecule has 124 valence electrons. The normalized spacial score (nSPS) is 11.5. The van der Waals surface area contributed by atoms with E-state index in [4.69, 9.17) is 0 Å². The molecule has 0 spiro atoms. The minimum atomic E-state index is -3.30. The van der Waals surface area contributed by atoms with E-state index >= 15 is 0 Å². The zero-order chi connectivity index (χ0) is 16.6. The molecule has 0 aliphatic carbocycles. The second-order valence-corrected chi connectivity index (χ2v) is 7.06. The number of hydrogen-bond acceptors (Lipinski definition) is 3. The summed E-state index contributed by atoms with van der Waals surface area (Å²) in [5.74, 6) is -0.0837. The molecule has 0 radical (unpaired) electrons. The molecule has 1 aromatic carbocycles. The molecule has 7 heteroatoms. The first-order chi connectivity index (χ1) is 10.4. The molecule has 0 atom stereocenters. The molecule has 1 aromatic rings. The second-order valence-electron chi connectivity index (χ2n) is 4.97. The third-order valence-corrected chi connectivity index (χ3v) is 5.37. The highest BCUT2D eigenvalue weighted by Gasteiger charge is 2.19. The minimum absolute atomic E-state index is 0.0837. The largest absolute Gasteiger partial charge is 0.337 e. The summed E-state index contributed by atoms with van der Waals surface area (Å²) < 4.78 is 25.4. The summed E-state index contributed by atoms with van der Waals surface area (Å²) in [4.78, 5) is 13.5. The van der Waals surface area contributed by atoms with Crippen LogP contribution in [0.4, 0.5) is 4.79 Å². The summed E-state index contributed by atoms with van der Waals surface area (Å²) in [6, 6.07) is 9.35. The van der Waals surface area contributed by atoms with Crippen molar-refractivity contribution in [2.75, 3.05) is 32.4 Å². The maximum Gasteiger partial charge on any atom is 0.317 e. The lowest BCUT2D eigenvalue weighted by Gasteiger charge is -2.20. The van der Waals surface area contributed by atoms with Crippen molar-refractivity contribution in [1.82, 2.24) is 14.5 Å². The Hall–Kier alpha value is -1.60. The molecule has 0 aliphatic heterocycles. The summed E-state index contributed by atoms with van der Waals surface area (Å²) in [7, 11) is -1.62. The molecular formula is C15H25N3O3S. The third kappa shape index (κ3) is 5.65. The second kappa shape index (κ2) is 8.75. The first-order valence-electron chi connectivity index (χ1n) is 7.41.